The van der Waals surface area contributed by atoms with E-state index in [4.69, 9.17) is 0 Å². The van der Waals surface area contributed by atoms with Gasteiger partial charge >= 0.3 is 6.03 Å². The number of hydrogen-bond donors (Lipinski definition) is 2. The Bertz CT molecular complexity index is 874. The summed E-state index contributed by atoms with van der Waals surface area (Å²) in [6.45, 7) is 4.34. The van der Waals surface area contributed by atoms with E-state index in [1.54, 1.807) is 0 Å². The monoisotopic (exact) mass is 415 g/mol. The van der Waals surface area contributed by atoms with Crippen LogP contribution in [0.5, 0.6) is 0 Å². The molecule has 4 nitrogen and oxygen atoms in total. The Kier molecular flexibility index (Phi) is 5.50. The van der Waals surface area contributed by atoms with Crippen molar-refractivity contribution >= 4 is 44.1 Å². The van der Waals surface area contributed by atoms with E-state index in [-0.39, 0.29) is 6.03 Å². The number of thiazole rings is 1. The third-order valence-electron chi connectivity index (χ3n) is 3.72. The summed E-state index contributed by atoms with van der Waals surface area (Å²) in [6.07, 6.45) is 0. The van der Waals surface area contributed by atoms with Crippen LogP contribution in [0.2, 0.25) is 0 Å². The summed E-state index contributed by atoms with van der Waals surface area (Å²) in [6, 6.07) is 15.5. The third kappa shape index (κ3) is 4.46. The van der Waals surface area contributed by atoms with E-state index in [0.717, 1.165) is 15.7 Å². The van der Waals surface area contributed by atoms with Gasteiger partial charge in [-0.15, -0.1) is 11.3 Å². The highest BCUT2D eigenvalue weighted by Gasteiger charge is 2.10. The molecule has 0 spiro atoms. The number of urea groups is 1. The van der Waals surface area contributed by atoms with Gasteiger partial charge in [0.25, 0.3) is 0 Å². The summed E-state index contributed by atoms with van der Waals surface area (Å²) in [5.74, 6) is 0.503. The fourth-order valence-corrected chi connectivity index (χ4v) is 3.41. The van der Waals surface area contributed by atoms with E-state index in [1.165, 1.54) is 16.9 Å². The van der Waals surface area contributed by atoms with Crippen LogP contribution in [0.15, 0.2) is 58.4 Å². The second-order valence-electron chi connectivity index (χ2n) is 5.87. The number of anilines is 2. The second kappa shape index (κ2) is 7.80. The minimum absolute atomic E-state index is 0.317. The molecule has 1 heterocycles. The number of amides is 2. The molecule has 0 radical (unpaired) electrons. The Morgan fingerprint density at radius 1 is 1.08 bits per heavy atom. The van der Waals surface area contributed by atoms with Crippen molar-refractivity contribution in [2.24, 2.45) is 0 Å². The largest absolute Gasteiger partial charge is 0.325 e. The van der Waals surface area contributed by atoms with E-state index in [2.05, 4.69) is 69.7 Å². The van der Waals surface area contributed by atoms with Crippen LogP contribution < -0.4 is 10.6 Å². The van der Waals surface area contributed by atoms with Crippen LogP contribution in [0, 0.1) is 0 Å². The van der Waals surface area contributed by atoms with Gasteiger partial charge in [0.15, 0.2) is 5.13 Å². The first kappa shape index (κ1) is 17.6. The van der Waals surface area contributed by atoms with E-state index < -0.39 is 0 Å². The van der Waals surface area contributed by atoms with Crippen LogP contribution >= 0.6 is 27.3 Å². The molecule has 0 aliphatic rings. The first-order chi connectivity index (χ1) is 12.0. The molecular formula is C19H18BrN3OS. The maximum Gasteiger partial charge on any atom is 0.325 e. The lowest BCUT2D eigenvalue weighted by molar-refractivity contribution is 0.262. The van der Waals surface area contributed by atoms with E-state index in [9.17, 15) is 4.79 Å². The number of nitrogens with zero attached hydrogens (tertiary/aromatic N) is 1. The average Bonchev–Trinajstić information content (AvgIpc) is 3.05. The van der Waals surface area contributed by atoms with Gasteiger partial charge in [0, 0.05) is 15.4 Å². The Morgan fingerprint density at radius 3 is 2.48 bits per heavy atom. The quantitative estimate of drug-likeness (QED) is 0.522. The van der Waals surface area contributed by atoms with Gasteiger partial charge in [-0.3, -0.25) is 5.32 Å². The maximum atomic E-state index is 12.1. The normalized spacial score (nSPS) is 10.7. The van der Waals surface area contributed by atoms with Crippen LogP contribution in [0.1, 0.15) is 25.3 Å². The Labute approximate surface area is 159 Å². The number of rotatable bonds is 4. The molecule has 0 aliphatic carbocycles. The van der Waals surface area contributed by atoms with Gasteiger partial charge in [0.2, 0.25) is 0 Å². The number of nitrogens with one attached hydrogen (secondary N) is 2. The summed E-state index contributed by atoms with van der Waals surface area (Å²) in [5, 5.41) is 8.08. The SMILES string of the molecule is CC(C)c1ccc(-c2csc(NC(=O)Nc3ccccc3Br)n2)cc1. The molecule has 3 aromatic rings. The van der Waals surface area contributed by atoms with Crippen molar-refractivity contribution < 1.29 is 4.79 Å². The molecule has 3 rings (SSSR count). The molecule has 2 aromatic carbocycles. The Morgan fingerprint density at radius 2 is 1.80 bits per heavy atom. The molecule has 25 heavy (non-hydrogen) atoms. The molecule has 6 heteroatoms. The first-order valence-electron chi connectivity index (χ1n) is 7.91. The standard InChI is InChI=1S/C19H18BrN3OS/c1-12(2)13-7-9-14(10-8-13)17-11-25-19(22-17)23-18(24)21-16-6-4-3-5-15(16)20/h3-12H,1-2H3,(H2,21,22,23,24). The molecule has 128 valence electrons. The lowest BCUT2D eigenvalue weighted by atomic mass is 10.0. The first-order valence-corrected chi connectivity index (χ1v) is 9.58. The molecule has 0 fully saturated rings. The minimum Gasteiger partial charge on any atom is -0.307 e. The number of hydrogen-bond acceptors (Lipinski definition) is 3. The predicted molar refractivity (Wildman–Crippen MR) is 108 cm³/mol. The molecule has 0 bridgehead atoms. The van der Waals surface area contributed by atoms with E-state index >= 15 is 0 Å². The number of benzene rings is 2. The smallest absolute Gasteiger partial charge is 0.307 e. The molecule has 2 N–H and O–H groups in total. The van der Waals surface area contributed by atoms with Crippen LogP contribution in [-0.4, -0.2) is 11.0 Å². The summed E-state index contributed by atoms with van der Waals surface area (Å²) < 4.78 is 0.829. The molecule has 0 aliphatic heterocycles. The van der Waals surface area contributed by atoms with Crippen molar-refractivity contribution in [3.8, 4) is 11.3 Å². The Balaban J connectivity index is 1.67. The van der Waals surface area contributed by atoms with Crippen LogP contribution in [0.25, 0.3) is 11.3 Å². The van der Waals surface area contributed by atoms with Gasteiger partial charge in [0.05, 0.1) is 11.4 Å². The molecule has 1 aromatic heterocycles. The molecule has 0 saturated heterocycles. The van der Waals surface area contributed by atoms with E-state index in [1.807, 2.05) is 29.6 Å². The molecule has 2 amide bonds. The zero-order chi connectivity index (χ0) is 17.8. The summed E-state index contributed by atoms with van der Waals surface area (Å²) in [5.41, 5.74) is 3.91. The molecule has 0 unspecified atom stereocenters. The summed E-state index contributed by atoms with van der Waals surface area (Å²) in [4.78, 5) is 16.6. The highest BCUT2D eigenvalue weighted by atomic mass is 79.9. The lowest BCUT2D eigenvalue weighted by Gasteiger charge is -2.07. The number of halogens is 1. The maximum absolute atomic E-state index is 12.1. The third-order valence-corrected chi connectivity index (χ3v) is 5.17. The second-order valence-corrected chi connectivity index (χ2v) is 7.59. The van der Waals surface area contributed by atoms with Gasteiger partial charge in [-0.25, -0.2) is 9.78 Å². The highest BCUT2D eigenvalue weighted by molar-refractivity contribution is 9.10. The summed E-state index contributed by atoms with van der Waals surface area (Å²) >= 11 is 4.81. The highest BCUT2D eigenvalue weighted by Crippen LogP contribution is 2.27. The van der Waals surface area contributed by atoms with Crippen molar-refractivity contribution in [3.63, 3.8) is 0 Å². The van der Waals surface area contributed by atoms with Crippen LogP contribution in [-0.2, 0) is 0 Å². The van der Waals surface area contributed by atoms with Crippen LogP contribution in [0.3, 0.4) is 0 Å². The van der Waals surface area contributed by atoms with Crippen molar-refractivity contribution in [1.29, 1.82) is 0 Å². The zero-order valence-corrected chi connectivity index (χ0v) is 16.3. The predicted octanol–water partition coefficient (Wildman–Crippen LogP) is 6.34. The number of para-hydroxylation sites is 1. The van der Waals surface area contributed by atoms with Gasteiger partial charge in [0.1, 0.15) is 0 Å². The molecular weight excluding hydrogens is 398 g/mol. The number of carbonyl (C=O) groups is 1. The average molecular weight is 416 g/mol. The summed E-state index contributed by atoms with van der Waals surface area (Å²) in [7, 11) is 0. The number of carbonyl (C=O) groups excluding carboxylic acids is 1. The van der Waals surface area contributed by atoms with Crippen LogP contribution in [0.4, 0.5) is 15.6 Å². The fraction of sp³-hybridized carbons (Fsp3) is 0.158. The topological polar surface area (TPSA) is 54.0 Å². The van der Waals surface area contributed by atoms with Crippen molar-refractivity contribution in [1.82, 2.24) is 4.98 Å². The number of aromatic nitrogens is 1. The molecule has 0 saturated carbocycles. The van der Waals surface area contributed by atoms with Gasteiger partial charge in [-0.05, 0) is 39.5 Å². The van der Waals surface area contributed by atoms with Crippen molar-refractivity contribution in [2.45, 2.75) is 19.8 Å². The van der Waals surface area contributed by atoms with Crippen molar-refractivity contribution in [2.75, 3.05) is 10.6 Å². The minimum atomic E-state index is -0.317. The van der Waals surface area contributed by atoms with Gasteiger partial charge in [-0.2, -0.15) is 0 Å². The van der Waals surface area contributed by atoms with Crippen molar-refractivity contribution in [3.05, 3.63) is 63.9 Å². The lowest BCUT2D eigenvalue weighted by Crippen LogP contribution is -2.19. The molecule has 0 atom stereocenters. The fourth-order valence-electron chi connectivity index (χ4n) is 2.32. The van der Waals surface area contributed by atoms with Gasteiger partial charge in [-0.1, -0.05) is 50.2 Å². The van der Waals surface area contributed by atoms with E-state index in [0.29, 0.717) is 16.7 Å². The zero-order valence-electron chi connectivity index (χ0n) is 13.9. The Hall–Kier alpha value is -2.18. The van der Waals surface area contributed by atoms with Gasteiger partial charge < -0.3 is 5.32 Å².